The predicted molar refractivity (Wildman–Crippen MR) is 126 cm³/mol. The van der Waals surface area contributed by atoms with E-state index in [4.69, 9.17) is 9.47 Å². The second-order valence-corrected chi connectivity index (χ2v) is 8.89. The second-order valence-electron chi connectivity index (χ2n) is 8.89. The Bertz CT molecular complexity index is 1330. The molecule has 7 heteroatoms. The fraction of sp³-hybridized carbons (Fsp3) is 0.259. The highest BCUT2D eigenvalue weighted by molar-refractivity contribution is 5.95. The molecule has 3 aromatic carbocycles. The molecule has 3 atom stereocenters. The number of aliphatic hydroxyl groups is 1. The van der Waals surface area contributed by atoms with Crippen molar-refractivity contribution < 1.29 is 19.4 Å². The van der Waals surface area contributed by atoms with Crippen LogP contribution < -0.4 is 14.8 Å². The van der Waals surface area contributed by atoms with E-state index in [9.17, 15) is 15.2 Å². The Morgan fingerprint density at radius 1 is 1.09 bits per heavy atom. The number of hydrogen-bond donors (Lipinski definition) is 2. The van der Waals surface area contributed by atoms with Gasteiger partial charge in [0.1, 0.15) is 0 Å². The van der Waals surface area contributed by atoms with E-state index >= 15 is 0 Å². The van der Waals surface area contributed by atoms with Gasteiger partial charge in [0.2, 0.25) is 6.79 Å². The fourth-order valence-corrected chi connectivity index (χ4v) is 5.43. The number of nitrogens with one attached hydrogen (secondary N) is 1. The van der Waals surface area contributed by atoms with E-state index < -0.39 is 0 Å². The first-order valence-corrected chi connectivity index (χ1v) is 11.4. The number of carbonyl (C=O) groups excluding carboxylic acids is 1. The highest BCUT2D eigenvalue weighted by atomic mass is 16.7. The van der Waals surface area contributed by atoms with Crippen molar-refractivity contribution >= 4 is 11.6 Å². The molecule has 0 saturated carbocycles. The summed E-state index contributed by atoms with van der Waals surface area (Å²) in [6.07, 6.45) is 0.798. The number of likely N-dealkylation sites (tertiary alicyclic amines) is 1. The highest BCUT2D eigenvalue weighted by Gasteiger charge is 2.46. The van der Waals surface area contributed by atoms with Crippen molar-refractivity contribution in [2.45, 2.75) is 18.5 Å². The number of carbonyl (C=O) groups is 1. The van der Waals surface area contributed by atoms with Crippen LogP contribution in [0.4, 0.5) is 5.69 Å². The number of benzene rings is 3. The van der Waals surface area contributed by atoms with Gasteiger partial charge in [0.05, 0.1) is 30.3 Å². The van der Waals surface area contributed by atoms with Crippen molar-refractivity contribution in [2.24, 2.45) is 5.92 Å². The fourth-order valence-electron chi connectivity index (χ4n) is 5.43. The minimum Gasteiger partial charge on any atom is -0.454 e. The lowest BCUT2D eigenvalue weighted by Gasteiger charge is -2.39. The van der Waals surface area contributed by atoms with Crippen molar-refractivity contribution in [1.82, 2.24) is 4.90 Å². The molecular weight excluding hydrogens is 430 g/mol. The third-order valence-corrected chi connectivity index (χ3v) is 7.07. The number of ether oxygens (including phenoxy) is 2. The Kier molecular flexibility index (Phi) is 4.89. The van der Waals surface area contributed by atoms with Gasteiger partial charge in [-0.25, -0.2) is 0 Å². The van der Waals surface area contributed by atoms with Crippen LogP contribution in [0.5, 0.6) is 11.5 Å². The van der Waals surface area contributed by atoms with Crippen LogP contribution in [-0.4, -0.2) is 41.9 Å². The molecule has 0 aliphatic carbocycles. The Morgan fingerprint density at radius 3 is 2.79 bits per heavy atom. The molecule has 3 aromatic rings. The maximum absolute atomic E-state index is 13.7. The second kappa shape index (κ2) is 8.08. The van der Waals surface area contributed by atoms with Gasteiger partial charge >= 0.3 is 0 Å². The molecule has 1 amide bonds. The first-order valence-electron chi connectivity index (χ1n) is 11.4. The summed E-state index contributed by atoms with van der Waals surface area (Å²) in [5.41, 5.74) is 5.05. The number of fused-ring (bicyclic) bond motifs is 4. The van der Waals surface area contributed by atoms with Crippen molar-refractivity contribution in [3.05, 3.63) is 77.4 Å². The van der Waals surface area contributed by atoms with Gasteiger partial charge < -0.3 is 24.8 Å². The smallest absolute Gasteiger partial charge is 0.254 e. The first-order chi connectivity index (χ1) is 16.7. The summed E-state index contributed by atoms with van der Waals surface area (Å²) in [6.45, 7) is 0.765. The van der Waals surface area contributed by atoms with E-state index in [-0.39, 0.29) is 37.3 Å². The molecular formula is C27H23N3O4. The summed E-state index contributed by atoms with van der Waals surface area (Å²) in [4.78, 5) is 15.6. The number of amides is 1. The normalized spacial score (nSPS) is 21.9. The minimum atomic E-state index is -0.162. The Balaban J connectivity index is 1.40. The molecule has 170 valence electrons. The minimum absolute atomic E-state index is 0.00136. The summed E-state index contributed by atoms with van der Waals surface area (Å²) in [5.74, 6) is 1.26. The third-order valence-electron chi connectivity index (χ3n) is 7.07. The van der Waals surface area contributed by atoms with Crippen LogP contribution in [0.3, 0.4) is 0 Å². The maximum atomic E-state index is 13.7. The molecule has 1 fully saturated rings. The lowest BCUT2D eigenvalue weighted by Crippen LogP contribution is -2.42. The summed E-state index contributed by atoms with van der Waals surface area (Å²) in [5, 5.41) is 22.8. The molecule has 34 heavy (non-hydrogen) atoms. The molecule has 3 aliphatic rings. The number of hydrogen-bond acceptors (Lipinski definition) is 6. The van der Waals surface area contributed by atoms with Crippen molar-refractivity contribution in [3.8, 4) is 28.7 Å². The number of rotatable bonds is 3. The lowest BCUT2D eigenvalue weighted by atomic mass is 9.82. The molecule has 0 unspecified atom stereocenters. The van der Waals surface area contributed by atoms with Crippen molar-refractivity contribution in [3.63, 3.8) is 0 Å². The van der Waals surface area contributed by atoms with Crippen LogP contribution in [0.15, 0.2) is 60.7 Å². The molecule has 0 spiro atoms. The van der Waals surface area contributed by atoms with Gasteiger partial charge in [0.15, 0.2) is 11.5 Å². The molecule has 0 aromatic heterocycles. The van der Waals surface area contributed by atoms with E-state index in [1.54, 1.807) is 24.3 Å². The van der Waals surface area contributed by atoms with E-state index in [1.807, 2.05) is 35.2 Å². The van der Waals surface area contributed by atoms with E-state index in [2.05, 4.69) is 17.5 Å². The molecule has 1 saturated heterocycles. The van der Waals surface area contributed by atoms with Gasteiger partial charge in [-0.2, -0.15) is 5.26 Å². The lowest BCUT2D eigenvalue weighted by molar-refractivity contribution is 0.0700. The topological polar surface area (TPSA) is 94.8 Å². The van der Waals surface area contributed by atoms with Gasteiger partial charge in [0, 0.05) is 23.7 Å². The Morgan fingerprint density at radius 2 is 1.94 bits per heavy atom. The molecule has 0 radical (unpaired) electrons. The first kappa shape index (κ1) is 20.6. The van der Waals surface area contributed by atoms with E-state index in [1.165, 1.54) is 0 Å². The number of nitriles is 1. The summed E-state index contributed by atoms with van der Waals surface area (Å²) in [7, 11) is 0. The standard InChI is InChI=1S/C27H23N3O4/c28-13-16-2-1-3-17(10-16)18-4-6-22-21(11-18)26-20(23(14-31)29-22)8-9-30(26)27(32)19-5-7-24-25(12-19)34-15-33-24/h1-7,10-12,20,23,26,29,31H,8-9,14-15H2/t20-,23-,26-/m0/s1. The number of anilines is 1. The summed E-state index contributed by atoms with van der Waals surface area (Å²) >= 11 is 0. The summed E-state index contributed by atoms with van der Waals surface area (Å²) < 4.78 is 10.9. The molecule has 0 bridgehead atoms. The van der Waals surface area contributed by atoms with Crippen LogP contribution >= 0.6 is 0 Å². The van der Waals surface area contributed by atoms with Crippen molar-refractivity contribution in [1.29, 1.82) is 5.26 Å². The SMILES string of the molecule is N#Cc1cccc(-c2ccc3c(c2)[C@@H]2[C@@H](CCN2C(=O)c2ccc4c(c2)OCO4)[C@H](CO)N3)c1. The zero-order chi connectivity index (χ0) is 23.2. The molecule has 7 nitrogen and oxygen atoms in total. The zero-order valence-electron chi connectivity index (χ0n) is 18.4. The Hall–Kier alpha value is -4.02. The monoisotopic (exact) mass is 453 g/mol. The molecule has 6 rings (SSSR count). The van der Waals surface area contributed by atoms with E-state index in [0.29, 0.717) is 29.2 Å². The van der Waals surface area contributed by atoms with Crippen LogP contribution in [0.2, 0.25) is 0 Å². The molecule has 2 N–H and O–H groups in total. The zero-order valence-corrected chi connectivity index (χ0v) is 18.4. The molecule has 3 heterocycles. The third kappa shape index (κ3) is 3.27. The van der Waals surface area contributed by atoms with Crippen LogP contribution in [0.25, 0.3) is 11.1 Å². The van der Waals surface area contributed by atoms with Gasteiger partial charge in [-0.15, -0.1) is 0 Å². The highest BCUT2D eigenvalue weighted by Crippen LogP contribution is 2.48. The number of aliphatic hydroxyl groups excluding tert-OH is 1. The van der Waals surface area contributed by atoms with Gasteiger partial charge in [-0.05, 0) is 65.6 Å². The predicted octanol–water partition coefficient (Wildman–Crippen LogP) is 3.94. The van der Waals surface area contributed by atoms with Crippen LogP contribution in [-0.2, 0) is 0 Å². The average molecular weight is 453 g/mol. The van der Waals surface area contributed by atoms with Crippen molar-refractivity contribution in [2.75, 3.05) is 25.3 Å². The molecule has 3 aliphatic heterocycles. The quantitative estimate of drug-likeness (QED) is 0.624. The van der Waals surface area contributed by atoms with Gasteiger partial charge in [-0.1, -0.05) is 18.2 Å². The van der Waals surface area contributed by atoms with Crippen LogP contribution in [0.1, 0.15) is 33.9 Å². The van der Waals surface area contributed by atoms with E-state index in [0.717, 1.165) is 28.8 Å². The number of nitrogens with zero attached hydrogens (tertiary/aromatic N) is 2. The van der Waals surface area contributed by atoms with Crippen LogP contribution in [0, 0.1) is 17.2 Å². The maximum Gasteiger partial charge on any atom is 0.254 e. The largest absolute Gasteiger partial charge is 0.454 e. The van der Waals surface area contributed by atoms with Gasteiger partial charge in [-0.3, -0.25) is 4.79 Å². The van der Waals surface area contributed by atoms with Gasteiger partial charge in [0.25, 0.3) is 5.91 Å². The Labute approximate surface area is 197 Å². The summed E-state index contributed by atoms with van der Waals surface area (Å²) in [6, 6.07) is 20.8. The average Bonchev–Trinajstić information content (AvgIpc) is 3.54.